The molecule has 0 atom stereocenters. The lowest BCUT2D eigenvalue weighted by Gasteiger charge is -2.33. The summed E-state index contributed by atoms with van der Waals surface area (Å²) >= 11 is 0. The normalized spacial score (nSPS) is 12.5. The zero-order valence-electron chi connectivity index (χ0n) is 40.9. The Labute approximate surface area is 430 Å². The third kappa shape index (κ3) is 8.06. The molecule has 0 aromatic heterocycles. The van der Waals surface area contributed by atoms with Crippen LogP contribution in [-0.4, -0.2) is 0 Å². The number of hydrogen-bond donors (Lipinski definition) is 0. The standard InChI is InChI=1S/C66H42F9N/c1-37-28-52(61-46-22-10-4-16-40(46)31-41-17-5-11-23-47(41)61)55(64(67,68)69)34-58(37)76(59-35-56(65(70,71)72)53(29-38(59)2)62-48-24-12-6-18-42(48)32-43-19-7-13-25-49(43)62)60-36-57(66(73,74)75)54(30-39(60)3)63-50-26-14-8-20-44(50)33-45-21-9-15-27-51(45)63/h4-36H,1-3H3. The highest BCUT2D eigenvalue weighted by Crippen LogP contribution is 2.54. The molecule has 0 aliphatic carbocycles. The van der Waals surface area contributed by atoms with Crippen LogP contribution in [0.3, 0.4) is 0 Å². The molecule has 0 unspecified atom stereocenters. The Morgan fingerprint density at radius 3 is 0.658 bits per heavy atom. The second-order valence-electron chi connectivity index (χ2n) is 19.5. The van der Waals surface area contributed by atoms with Crippen LogP contribution < -0.4 is 4.90 Å². The molecule has 0 saturated carbocycles. The second kappa shape index (κ2) is 17.8. The van der Waals surface area contributed by atoms with Gasteiger partial charge < -0.3 is 4.90 Å². The van der Waals surface area contributed by atoms with E-state index >= 15 is 39.5 Å². The van der Waals surface area contributed by atoms with Crippen molar-refractivity contribution in [2.24, 2.45) is 0 Å². The number of alkyl halides is 9. The molecule has 0 N–H and O–H groups in total. The fourth-order valence-electron chi connectivity index (χ4n) is 11.4. The smallest absolute Gasteiger partial charge is 0.310 e. The maximum atomic E-state index is 16.2. The lowest BCUT2D eigenvalue weighted by Crippen LogP contribution is -2.19. The fourth-order valence-corrected chi connectivity index (χ4v) is 11.4. The lowest BCUT2D eigenvalue weighted by atomic mass is 9.86. The number of halogens is 9. The van der Waals surface area contributed by atoms with Crippen molar-refractivity contribution in [2.45, 2.75) is 39.3 Å². The molecular weight excluding hydrogens is 978 g/mol. The van der Waals surface area contributed by atoms with Crippen molar-refractivity contribution < 1.29 is 39.5 Å². The van der Waals surface area contributed by atoms with Gasteiger partial charge in [0.2, 0.25) is 0 Å². The van der Waals surface area contributed by atoms with Crippen LogP contribution in [0.15, 0.2) is 200 Å². The molecule has 0 radical (unpaired) electrons. The average Bonchev–Trinajstić information content (AvgIpc) is 3.39. The van der Waals surface area contributed by atoms with Crippen LogP contribution in [0.4, 0.5) is 56.6 Å². The summed E-state index contributed by atoms with van der Waals surface area (Å²) in [5.74, 6) is 0. The van der Waals surface area contributed by atoms with Crippen LogP contribution in [0.1, 0.15) is 33.4 Å². The fraction of sp³-hybridized carbons (Fsp3) is 0.0909. The summed E-state index contributed by atoms with van der Waals surface area (Å²) in [6, 6.07) is 54.7. The second-order valence-corrected chi connectivity index (χ2v) is 19.5. The van der Waals surface area contributed by atoms with Gasteiger partial charge in [-0.15, -0.1) is 0 Å². The molecule has 0 aliphatic rings. The minimum absolute atomic E-state index is 0.161. The van der Waals surface area contributed by atoms with Gasteiger partial charge in [-0.05, 0) is 190 Å². The number of hydrogen-bond acceptors (Lipinski definition) is 1. The molecule has 0 heterocycles. The highest BCUT2D eigenvalue weighted by atomic mass is 19.4. The summed E-state index contributed by atoms with van der Waals surface area (Å²) in [4.78, 5) is 1.15. The number of rotatable bonds is 6. The summed E-state index contributed by atoms with van der Waals surface area (Å²) < 4.78 is 146. The van der Waals surface area contributed by atoms with Crippen molar-refractivity contribution in [3.63, 3.8) is 0 Å². The van der Waals surface area contributed by atoms with E-state index in [1.165, 1.54) is 39.0 Å². The van der Waals surface area contributed by atoms with Crippen molar-refractivity contribution in [1.29, 1.82) is 0 Å². The number of benzene rings is 12. The zero-order chi connectivity index (χ0) is 53.0. The number of anilines is 3. The largest absolute Gasteiger partial charge is 0.417 e. The minimum Gasteiger partial charge on any atom is -0.310 e. The number of aryl methyl sites for hydroxylation is 3. The minimum atomic E-state index is -5.07. The zero-order valence-corrected chi connectivity index (χ0v) is 40.9. The summed E-state index contributed by atoms with van der Waals surface area (Å²) in [6.07, 6.45) is -15.2. The van der Waals surface area contributed by atoms with Gasteiger partial charge in [0, 0.05) is 17.1 Å². The topological polar surface area (TPSA) is 3.24 Å². The van der Waals surface area contributed by atoms with Crippen molar-refractivity contribution in [1.82, 2.24) is 0 Å². The predicted octanol–water partition coefficient (Wildman–Crippen LogP) is 21.1. The van der Waals surface area contributed by atoms with Crippen molar-refractivity contribution in [3.05, 3.63) is 234 Å². The highest BCUT2D eigenvalue weighted by Gasteiger charge is 2.41. The molecule has 0 saturated heterocycles. The Bertz CT molecular complexity index is 3750. The Morgan fingerprint density at radius 2 is 0.461 bits per heavy atom. The van der Waals surface area contributed by atoms with E-state index in [9.17, 15) is 0 Å². The summed E-state index contributed by atoms with van der Waals surface area (Å²) in [7, 11) is 0. The number of nitrogens with zero attached hydrogens (tertiary/aromatic N) is 1. The summed E-state index contributed by atoms with van der Waals surface area (Å²) in [5.41, 5.74) is -3.42. The van der Waals surface area contributed by atoms with Crippen LogP contribution in [0.2, 0.25) is 0 Å². The average molecular weight is 1020 g/mol. The van der Waals surface area contributed by atoms with E-state index in [4.69, 9.17) is 0 Å². The first-order valence-corrected chi connectivity index (χ1v) is 24.5. The van der Waals surface area contributed by atoms with Gasteiger partial charge in [-0.25, -0.2) is 0 Å². The summed E-state index contributed by atoms with van der Waals surface area (Å²) in [5, 5.41) is 7.23. The van der Waals surface area contributed by atoms with Gasteiger partial charge in [-0.2, -0.15) is 39.5 Å². The first-order chi connectivity index (χ1) is 36.3. The van der Waals surface area contributed by atoms with Gasteiger partial charge in [0.15, 0.2) is 0 Å². The van der Waals surface area contributed by atoms with E-state index in [0.29, 0.717) is 64.6 Å². The molecule has 0 aliphatic heterocycles. The molecule has 12 aromatic carbocycles. The SMILES string of the molecule is Cc1cc(-c2c3ccccc3cc3ccccc23)c(C(F)(F)F)cc1N(c1cc(C(F)(F)F)c(-c2c3ccccc3cc3ccccc23)cc1C)c1cc(C(F)(F)F)c(-c2c3ccccc3cc3ccccc23)cc1C. The van der Waals surface area contributed by atoms with Crippen molar-refractivity contribution in [3.8, 4) is 33.4 Å². The molecule has 0 fully saturated rings. The first kappa shape index (κ1) is 48.3. The molecule has 76 heavy (non-hydrogen) atoms. The van der Waals surface area contributed by atoms with Crippen molar-refractivity contribution in [2.75, 3.05) is 4.90 Å². The van der Waals surface area contributed by atoms with E-state index in [-0.39, 0.29) is 67.1 Å². The van der Waals surface area contributed by atoms with Crippen LogP contribution in [0.25, 0.3) is 98.0 Å². The molecule has 0 spiro atoms. The van der Waals surface area contributed by atoms with Gasteiger partial charge >= 0.3 is 18.5 Å². The molecular formula is C66H42F9N. The third-order valence-corrected chi connectivity index (χ3v) is 14.8. The molecule has 0 amide bonds. The van der Waals surface area contributed by atoms with Crippen molar-refractivity contribution >= 4 is 81.7 Å². The van der Waals surface area contributed by atoms with Gasteiger partial charge in [-0.3, -0.25) is 0 Å². The molecule has 1 nitrogen and oxygen atoms in total. The van der Waals surface area contributed by atoms with E-state index < -0.39 is 35.2 Å². The van der Waals surface area contributed by atoms with E-state index in [1.807, 2.05) is 18.2 Å². The Hall–Kier alpha value is -8.63. The lowest BCUT2D eigenvalue weighted by molar-refractivity contribution is -0.137. The van der Waals surface area contributed by atoms with Crippen LogP contribution in [0.5, 0.6) is 0 Å². The Kier molecular flexibility index (Phi) is 11.3. The van der Waals surface area contributed by atoms with Gasteiger partial charge in [0.05, 0.1) is 16.7 Å². The molecule has 12 rings (SSSR count). The predicted molar refractivity (Wildman–Crippen MR) is 292 cm³/mol. The maximum absolute atomic E-state index is 16.2. The molecule has 12 aromatic rings. The third-order valence-electron chi connectivity index (χ3n) is 14.8. The Morgan fingerprint density at radius 1 is 0.263 bits per heavy atom. The molecule has 10 heteroatoms. The quantitative estimate of drug-likeness (QED) is 0.119. The van der Waals surface area contributed by atoms with Crippen LogP contribution in [0, 0.1) is 20.8 Å². The van der Waals surface area contributed by atoms with E-state index in [1.54, 1.807) is 146 Å². The molecule has 374 valence electrons. The van der Waals surface area contributed by atoms with E-state index in [2.05, 4.69) is 0 Å². The van der Waals surface area contributed by atoms with E-state index in [0.717, 1.165) is 23.1 Å². The van der Waals surface area contributed by atoms with Gasteiger partial charge in [0.25, 0.3) is 0 Å². The van der Waals surface area contributed by atoms with Gasteiger partial charge in [0.1, 0.15) is 0 Å². The Balaban J connectivity index is 1.20. The molecule has 0 bridgehead atoms. The number of fused-ring (bicyclic) bond motifs is 6. The van der Waals surface area contributed by atoms with Crippen LogP contribution in [-0.2, 0) is 18.5 Å². The highest BCUT2D eigenvalue weighted by molar-refractivity contribution is 6.16. The van der Waals surface area contributed by atoms with Crippen LogP contribution >= 0.6 is 0 Å². The van der Waals surface area contributed by atoms with Gasteiger partial charge in [-0.1, -0.05) is 146 Å². The summed E-state index contributed by atoms with van der Waals surface area (Å²) in [6.45, 7) is 4.60. The first-order valence-electron chi connectivity index (χ1n) is 24.5. The maximum Gasteiger partial charge on any atom is 0.417 e. The monoisotopic (exact) mass is 1020 g/mol.